The molecule has 0 aromatic rings. The van der Waals surface area contributed by atoms with E-state index in [1.54, 1.807) is 0 Å². The molecule has 1 aliphatic carbocycles. The van der Waals surface area contributed by atoms with Crippen molar-refractivity contribution in [2.24, 2.45) is 5.92 Å². The molecule has 20 heavy (non-hydrogen) atoms. The van der Waals surface area contributed by atoms with Gasteiger partial charge in [-0.05, 0) is 58.2 Å². The summed E-state index contributed by atoms with van der Waals surface area (Å²) in [6, 6.07) is 0. The van der Waals surface area contributed by atoms with E-state index in [4.69, 9.17) is 4.74 Å². The summed E-state index contributed by atoms with van der Waals surface area (Å²) in [5.74, 6) is 0.429. The Morgan fingerprint density at radius 3 is 2.35 bits per heavy atom. The summed E-state index contributed by atoms with van der Waals surface area (Å²) < 4.78 is 5.41. The molecule has 1 N–H and O–H groups in total. The second kappa shape index (κ2) is 7.41. The predicted octanol–water partition coefficient (Wildman–Crippen LogP) is 2.18. The Hall–Kier alpha value is -0.610. The first-order valence-electron chi connectivity index (χ1n) is 8.37. The third kappa shape index (κ3) is 3.73. The zero-order valence-electron chi connectivity index (χ0n) is 13.1. The molecule has 0 radical (unpaired) electrons. The normalized spacial score (nSPS) is 23.9. The van der Waals surface area contributed by atoms with Crippen molar-refractivity contribution in [3.8, 4) is 0 Å². The molecular weight excluding hydrogens is 252 g/mol. The molecule has 0 aromatic heterocycles. The second-order valence-electron chi connectivity index (χ2n) is 6.19. The van der Waals surface area contributed by atoms with Crippen LogP contribution in [0.2, 0.25) is 0 Å². The first-order valence-corrected chi connectivity index (χ1v) is 8.37. The summed E-state index contributed by atoms with van der Waals surface area (Å²) in [7, 11) is 0. The number of hydrogen-bond acceptors (Lipinski definition) is 4. The van der Waals surface area contributed by atoms with Crippen molar-refractivity contribution in [3.63, 3.8) is 0 Å². The van der Waals surface area contributed by atoms with Gasteiger partial charge >= 0.3 is 5.97 Å². The second-order valence-corrected chi connectivity index (χ2v) is 6.19. The molecule has 0 spiro atoms. The van der Waals surface area contributed by atoms with Crippen molar-refractivity contribution < 1.29 is 9.53 Å². The van der Waals surface area contributed by atoms with E-state index < -0.39 is 5.54 Å². The number of likely N-dealkylation sites (N-methyl/N-ethyl adjacent to an activating group) is 1. The SMILES string of the molecule is CCNC(CN1CCCCCC1)(C(=O)OCC)C1CC1. The molecule has 1 saturated carbocycles. The molecule has 2 aliphatic rings. The molecule has 1 aliphatic heterocycles. The molecule has 1 atom stereocenters. The number of carbonyl (C=O) groups excluding carboxylic acids is 1. The number of likely N-dealkylation sites (tertiary alicyclic amines) is 1. The summed E-state index contributed by atoms with van der Waals surface area (Å²) in [6.07, 6.45) is 7.48. The Morgan fingerprint density at radius 1 is 1.20 bits per heavy atom. The van der Waals surface area contributed by atoms with Crippen molar-refractivity contribution >= 4 is 5.97 Å². The van der Waals surface area contributed by atoms with Gasteiger partial charge in [0.05, 0.1) is 6.61 Å². The maximum absolute atomic E-state index is 12.6. The lowest BCUT2D eigenvalue weighted by atomic mass is 9.91. The molecule has 2 rings (SSSR count). The Labute approximate surface area is 123 Å². The number of rotatable bonds is 7. The van der Waals surface area contributed by atoms with Crippen LogP contribution in [0.25, 0.3) is 0 Å². The summed E-state index contributed by atoms with van der Waals surface area (Å²) >= 11 is 0. The van der Waals surface area contributed by atoms with Crippen LogP contribution in [0.15, 0.2) is 0 Å². The summed E-state index contributed by atoms with van der Waals surface area (Å²) in [5, 5.41) is 3.49. The topological polar surface area (TPSA) is 41.6 Å². The lowest BCUT2D eigenvalue weighted by Gasteiger charge is -2.37. The molecule has 0 bridgehead atoms. The minimum atomic E-state index is -0.463. The number of nitrogens with one attached hydrogen (secondary N) is 1. The van der Waals surface area contributed by atoms with Crippen LogP contribution in [0, 0.1) is 5.92 Å². The van der Waals surface area contributed by atoms with Crippen molar-refractivity contribution in [3.05, 3.63) is 0 Å². The van der Waals surface area contributed by atoms with Crippen LogP contribution in [0.3, 0.4) is 0 Å². The van der Waals surface area contributed by atoms with Gasteiger partial charge in [0.2, 0.25) is 0 Å². The summed E-state index contributed by atoms with van der Waals surface area (Å²) in [5.41, 5.74) is -0.463. The Morgan fingerprint density at radius 2 is 1.85 bits per heavy atom. The van der Waals surface area contributed by atoms with Crippen molar-refractivity contribution in [1.29, 1.82) is 0 Å². The fourth-order valence-corrected chi connectivity index (χ4v) is 3.43. The molecule has 0 amide bonds. The zero-order chi connectivity index (χ0) is 14.4. The Bertz CT molecular complexity index is 310. The highest BCUT2D eigenvalue weighted by Gasteiger charge is 2.52. The fraction of sp³-hybridized carbons (Fsp3) is 0.938. The highest BCUT2D eigenvalue weighted by molar-refractivity contribution is 5.82. The van der Waals surface area contributed by atoms with Gasteiger partial charge in [-0.3, -0.25) is 0 Å². The van der Waals surface area contributed by atoms with Gasteiger partial charge in [0.15, 0.2) is 0 Å². The average Bonchev–Trinajstić information content (AvgIpc) is 3.26. The largest absolute Gasteiger partial charge is 0.465 e. The van der Waals surface area contributed by atoms with Crippen LogP contribution < -0.4 is 5.32 Å². The summed E-state index contributed by atoms with van der Waals surface area (Å²) in [4.78, 5) is 15.1. The molecule has 0 aromatic carbocycles. The lowest BCUT2D eigenvalue weighted by molar-refractivity contribution is -0.153. The molecule has 2 fully saturated rings. The van der Waals surface area contributed by atoms with E-state index in [-0.39, 0.29) is 5.97 Å². The van der Waals surface area contributed by atoms with Gasteiger partial charge in [-0.1, -0.05) is 19.8 Å². The Balaban J connectivity index is 2.09. The van der Waals surface area contributed by atoms with E-state index in [1.165, 1.54) is 25.7 Å². The quantitative estimate of drug-likeness (QED) is 0.727. The highest BCUT2D eigenvalue weighted by atomic mass is 16.5. The van der Waals surface area contributed by atoms with Gasteiger partial charge in [0.25, 0.3) is 0 Å². The molecule has 4 nitrogen and oxygen atoms in total. The molecule has 116 valence electrons. The average molecular weight is 282 g/mol. The predicted molar refractivity (Wildman–Crippen MR) is 80.7 cm³/mol. The van der Waals surface area contributed by atoms with Crippen molar-refractivity contribution in [2.45, 2.75) is 57.9 Å². The maximum Gasteiger partial charge on any atom is 0.327 e. The highest BCUT2D eigenvalue weighted by Crippen LogP contribution is 2.41. The number of carbonyl (C=O) groups is 1. The van der Waals surface area contributed by atoms with Gasteiger partial charge in [-0.2, -0.15) is 0 Å². The first-order chi connectivity index (χ1) is 9.73. The van der Waals surface area contributed by atoms with Crippen LogP contribution in [0.1, 0.15) is 52.4 Å². The smallest absolute Gasteiger partial charge is 0.327 e. The molecule has 1 unspecified atom stereocenters. The molecular formula is C16H30N2O2. The molecule has 4 heteroatoms. The lowest BCUT2D eigenvalue weighted by Crippen LogP contribution is -2.61. The van der Waals surface area contributed by atoms with Crippen LogP contribution in [0.5, 0.6) is 0 Å². The van der Waals surface area contributed by atoms with Gasteiger partial charge < -0.3 is 15.0 Å². The first kappa shape index (κ1) is 15.8. The standard InChI is InChI=1S/C16H30N2O2/c1-3-17-16(14-9-10-14,15(19)20-4-2)13-18-11-7-5-6-8-12-18/h14,17H,3-13H2,1-2H3. The molecule has 1 saturated heterocycles. The van der Waals surface area contributed by atoms with Crippen LogP contribution in [-0.2, 0) is 9.53 Å². The summed E-state index contributed by atoms with van der Waals surface area (Å²) in [6.45, 7) is 8.34. The third-order valence-electron chi connectivity index (χ3n) is 4.58. The van der Waals surface area contributed by atoms with Gasteiger partial charge in [-0.25, -0.2) is 4.79 Å². The number of ether oxygens (including phenoxy) is 1. The number of nitrogens with zero attached hydrogens (tertiary/aromatic N) is 1. The van der Waals surface area contributed by atoms with Crippen molar-refractivity contribution in [2.75, 3.05) is 32.8 Å². The minimum absolute atomic E-state index is 0.0337. The van der Waals surface area contributed by atoms with Gasteiger partial charge in [0.1, 0.15) is 5.54 Å². The van der Waals surface area contributed by atoms with Gasteiger partial charge in [-0.15, -0.1) is 0 Å². The maximum atomic E-state index is 12.6. The van der Waals surface area contributed by atoms with Crippen LogP contribution in [0.4, 0.5) is 0 Å². The van der Waals surface area contributed by atoms with E-state index in [0.29, 0.717) is 12.5 Å². The van der Waals surface area contributed by atoms with Crippen LogP contribution in [-0.4, -0.2) is 49.2 Å². The number of hydrogen-bond donors (Lipinski definition) is 1. The van der Waals surface area contributed by atoms with Gasteiger partial charge in [0, 0.05) is 6.54 Å². The van der Waals surface area contributed by atoms with E-state index in [9.17, 15) is 4.79 Å². The van der Waals surface area contributed by atoms with E-state index in [1.807, 2.05) is 6.92 Å². The van der Waals surface area contributed by atoms with E-state index in [0.717, 1.165) is 39.0 Å². The van der Waals surface area contributed by atoms with Crippen molar-refractivity contribution in [1.82, 2.24) is 10.2 Å². The monoisotopic (exact) mass is 282 g/mol. The zero-order valence-corrected chi connectivity index (χ0v) is 13.1. The third-order valence-corrected chi connectivity index (χ3v) is 4.58. The number of esters is 1. The molecule has 1 heterocycles. The van der Waals surface area contributed by atoms with E-state index in [2.05, 4.69) is 17.1 Å². The van der Waals surface area contributed by atoms with E-state index >= 15 is 0 Å². The minimum Gasteiger partial charge on any atom is -0.465 e. The van der Waals surface area contributed by atoms with Crippen LogP contribution >= 0.6 is 0 Å². The Kier molecular flexibility index (Phi) is 5.85. The fourth-order valence-electron chi connectivity index (χ4n) is 3.43.